The number of rotatable bonds is 3. The molecule has 2 atom stereocenters. The number of sulfonamides is 1. The standard InChI is InChI=1S/C10H17NO5S/c12-10(13)9-3-1-2-5-11(9)17(14,15)8-4-6-16-7-8/h8-9H,1-7H2,(H,12,13). The average Bonchev–Trinajstić information content (AvgIpc) is 2.83. The fourth-order valence-corrected chi connectivity index (χ4v) is 4.37. The molecule has 0 spiro atoms. The van der Waals surface area contributed by atoms with Crippen LogP contribution in [-0.4, -0.2) is 54.8 Å². The van der Waals surface area contributed by atoms with Crippen LogP contribution in [0, 0.1) is 0 Å². The van der Waals surface area contributed by atoms with Gasteiger partial charge in [-0.1, -0.05) is 0 Å². The monoisotopic (exact) mass is 263 g/mol. The number of carboxylic acids is 1. The van der Waals surface area contributed by atoms with Crippen molar-refractivity contribution in [3.63, 3.8) is 0 Å². The number of aliphatic carboxylic acids is 1. The van der Waals surface area contributed by atoms with Crippen LogP contribution in [0.5, 0.6) is 0 Å². The molecule has 17 heavy (non-hydrogen) atoms. The van der Waals surface area contributed by atoms with E-state index in [0.29, 0.717) is 26.0 Å². The smallest absolute Gasteiger partial charge is 0.322 e. The first-order chi connectivity index (χ1) is 8.03. The van der Waals surface area contributed by atoms with Gasteiger partial charge >= 0.3 is 5.97 Å². The molecule has 98 valence electrons. The van der Waals surface area contributed by atoms with Gasteiger partial charge in [0.1, 0.15) is 11.3 Å². The second kappa shape index (κ2) is 4.91. The van der Waals surface area contributed by atoms with Gasteiger partial charge in [-0.2, -0.15) is 4.31 Å². The van der Waals surface area contributed by atoms with Gasteiger partial charge in [-0.05, 0) is 25.7 Å². The maximum atomic E-state index is 12.3. The molecule has 0 aromatic rings. The van der Waals surface area contributed by atoms with Gasteiger partial charge in [-0.25, -0.2) is 8.42 Å². The Morgan fingerprint density at radius 2 is 2.06 bits per heavy atom. The highest BCUT2D eigenvalue weighted by Gasteiger charge is 2.42. The van der Waals surface area contributed by atoms with Gasteiger partial charge in [0.05, 0.1) is 6.61 Å². The molecule has 2 aliphatic heterocycles. The van der Waals surface area contributed by atoms with Gasteiger partial charge in [0, 0.05) is 13.2 Å². The minimum absolute atomic E-state index is 0.186. The molecule has 0 radical (unpaired) electrons. The molecule has 0 aliphatic carbocycles. The molecule has 6 nitrogen and oxygen atoms in total. The van der Waals surface area contributed by atoms with Crippen molar-refractivity contribution in [3.05, 3.63) is 0 Å². The van der Waals surface area contributed by atoms with Gasteiger partial charge in [0.25, 0.3) is 0 Å². The van der Waals surface area contributed by atoms with Crippen LogP contribution in [0.2, 0.25) is 0 Å². The Morgan fingerprint density at radius 1 is 1.29 bits per heavy atom. The summed E-state index contributed by atoms with van der Waals surface area (Å²) in [5, 5.41) is 8.51. The maximum absolute atomic E-state index is 12.3. The lowest BCUT2D eigenvalue weighted by Gasteiger charge is -2.33. The van der Waals surface area contributed by atoms with Gasteiger partial charge in [0.2, 0.25) is 10.0 Å². The van der Waals surface area contributed by atoms with Crippen LogP contribution in [-0.2, 0) is 19.6 Å². The molecule has 0 saturated carbocycles. The van der Waals surface area contributed by atoms with Crippen molar-refractivity contribution in [1.29, 1.82) is 0 Å². The largest absolute Gasteiger partial charge is 0.480 e. The lowest BCUT2D eigenvalue weighted by Crippen LogP contribution is -2.51. The molecule has 2 fully saturated rings. The quantitative estimate of drug-likeness (QED) is 0.777. The number of hydrogen-bond donors (Lipinski definition) is 1. The number of carboxylic acid groups (broad SMARTS) is 1. The van der Waals surface area contributed by atoms with Crippen LogP contribution in [0.3, 0.4) is 0 Å². The summed E-state index contributed by atoms with van der Waals surface area (Å²) in [6.07, 6.45) is 2.37. The van der Waals surface area contributed by atoms with Crippen molar-refractivity contribution in [1.82, 2.24) is 4.31 Å². The molecular weight excluding hydrogens is 246 g/mol. The minimum Gasteiger partial charge on any atom is -0.480 e. The van der Waals surface area contributed by atoms with Crippen LogP contribution >= 0.6 is 0 Å². The SMILES string of the molecule is O=C(O)C1CCCCN1S(=O)(=O)C1CCOC1. The molecule has 1 N–H and O–H groups in total. The number of carbonyl (C=O) groups is 1. The Bertz CT molecular complexity index is 388. The van der Waals surface area contributed by atoms with E-state index in [-0.39, 0.29) is 6.61 Å². The van der Waals surface area contributed by atoms with Crippen molar-refractivity contribution in [2.75, 3.05) is 19.8 Å². The van der Waals surface area contributed by atoms with Crippen molar-refractivity contribution in [2.45, 2.75) is 37.0 Å². The van der Waals surface area contributed by atoms with Gasteiger partial charge in [-0.3, -0.25) is 4.79 Å². The maximum Gasteiger partial charge on any atom is 0.322 e. The first-order valence-electron chi connectivity index (χ1n) is 5.84. The molecule has 0 aromatic heterocycles. The van der Waals surface area contributed by atoms with E-state index in [1.807, 2.05) is 0 Å². The second-order valence-electron chi connectivity index (χ2n) is 4.49. The zero-order valence-corrected chi connectivity index (χ0v) is 10.4. The van der Waals surface area contributed by atoms with Crippen molar-refractivity contribution >= 4 is 16.0 Å². The number of nitrogens with zero attached hydrogens (tertiary/aromatic N) is 1. The van der Waals surface area contributed by atoms with E-state index >= 15 is 0 Å². The van der Waals surface area contributed by atoms with Gasteiger partial charge in [-0.15, -0.1) is 0 Å². The van der Waals surface area contributed by atoms with Crippen LogP contribution < -0.4 is 0 Å². The van der Waals surface area contributed by atoms with Gasteiger partial charge < -0.3 is 9.84 Å². The summed E-state index contributed by atoms with van der Waals surface area (Å²) < 4.78 is 30.8. The number of hydrogen-bond acceptors (Lipinski definition) is 4. The number of ether oxygens (including phenoxy) is 1. The van der Waals surface area contributed by atoms with E-state index in [4.69, 9.17) is 9.84 Å². The highest BCUT2D eigenvalue weighted by Crippen LogP contribution is 2.26. The minimum atomic E-state index is -3.53. The Balaban J connectivity index is 2.20. The topological polar surface area (TPSA) is 83.9 Å². The lowest BCUT2D eigenvalue weighted by molar-refractivity contribution is -0.142. The first-order valence-corrected chi connectivity index (χ1v) is 7.35. The molecule has 2 aliphatic rings. The average molecular weight is 263 g/mol. The highest BCUT2D eigenvalue weighted by atomic mass is 32.2. The summed E-state index contributed by atoms with van der Waals surface area (Å²) >= 11 is 0. The van der Waals surface area contributed by atoms with Crippen molar-refractivity contribution in [3.8, 4) is 0 Å². The molecule has 0 amide bonds. The Morgan fingerprint density at radius 3 is 2.65 bits per heavy atom. The summed E-state index contributed by atoms with van der Waals surface area (Å²) in [5.41, 5.74) is 0. The summed E-state index contributed by atoms with van der Waals surface area (Å²) in [5.74, 6) is -1.05. The van der Waals surface area contributed by atoms with Gasteiger partial charge in [0.15, 0.2) is 0 Å². The summed E-state index contributed by atoms with van der Waals surface area (Å²) in [7, 11) is -3.53. The van der Waals surface area contributed by atoms with Crippen LogP contribution in [0.1, 0.15) is 25.7 Å². The molecule has 0 bridgehead atoms. The van der Waals surface area contributed by atoms with E-state index in [0.717, 1.165) is 17.1 Å². The zero-order chi connectivity index (χ0) is 12.5. The van der Waals surface area contributed by atoms with Crippen molar-refractivity contribution in [2.24, 2.45) is 0 Å². The van der Waals surface area contributed by atoms with Crippen molar-refractivity contribution < 1.29 is 23.1 Å². The third kappa shape index (κ3) is 2.46. The Kier molecular flexibility index (Phi) is 3.70. The normalized spacial score (nSPS) is 31.5. The fraction of sp³-hybridized carbons (Fsp3) is 0.900. The van der Waals surface area contributed by atoms with E-state index in [9.17, 15) is 13.2 Å². The molecular formula is C10H17NO5S. The lowest BCUT2D eigenvalue weighted by atomic mass is 10.1. The summed E-state index contributed by atoms with van der Waals surface area (Å²) in [6.45, 7) is 0.941. The fourth-order valence-electron chi connectivity index (χ4n) is 2.40. The highest BCUT2D eigenvalue weighted by molar-refractivity contribution is 7.89. The van der Waals surface area contributed by atoms with Crippen LogP contribution in [0.4, 0.5) is 0 Å². The third-order valence-corrected chi connectivity index (χ3v) is 5.68. The molecule has 7 heteroatoms. The molecule has 2 saturated heterocycles. The predicted molar refractivity (Wildman–Crippen MR) is 60.1 cm³/mol. The third-order valence-electron chi connectivity index (χ3n) is 3.37. The van der Waals surface area contributed by atoms with E-state index < -0.39 is 27.3 Å². The molecule has 0 aromatic carbocycles. The van der Waals surface area contributed by atoms with E-state index in [2.05, 4.69) is 0 Å². The Hall–Kier alpha value is -0.660. The van der Waals surface area contributed by atoms with E-state index in [1.54, 1.807) is 0 Å². The first kappa shape index (κ1) is 12.8. The molecule has 2 heterocycles. The number of piperidine rings is 1. The molecule has 2 unspecified atom stereocenters. The predicted octanol–water partition coefficient (Wildman–Crippen LogP) is 0.0442. The Labute approximate surface area is 101 Å². The van der Waals surface area contributed by atoms with Crippen LogP contribution in [0.25, 0.3) is 0 Å². The molecule has 2 rings (SSSR count). The van der Waals surface area contributed by atoms with E-state index in [1.165, 1.54) is 0 Å². The zero-order valence-electron chi connectivity index (χ0n) is 9.54. The van der Waals surface area contributed by atoms with Crippen LogP contribution in [0.15, 0.2) is 0 Å². The summed E-state index contributed by atoms with van der Waals surface area (Å²) in [4.78, 5) is 11.1. The second-order valence-corrected chi connectivity index (χ2v) is 6.66. The summed E-state index contributed by atoms with van der Waals surface area (Å²) in [6, 6.07) is -0.894.